The molecule has 6 aromatic carbocycles. The molecule has 0 aliphatic heterocycles. The third-order valence-corrected chi connectivity index (χ3v) is 10.6. The monoisotopic (exact) mass is 798 g/mol. The van der Waals surface area contributed by atoms with E-state index in [0.717, 1.165) is 39.0 Å². The highest BCUT2D eigenvalue weighted by atomic mass is 19.4. The molecule has 0 saturated heterocycles. The zero-order valence-corrected chi connectivity index (χ0v) is 33.3. The van der Waals surface area contributed by atoms with Gasteiger partial charge in [0.1, 0.15) is 0 Å². The average molecular weight is 799 g/mol. The molecule has 59 heavy (non-hydrogen) atoms. The van der Waals surface area contributed by atoms with E-state index in [2.05, 4.69) is 82.5 Å². The normalized spacial score (nSPS) is 12.7. The number of alkyl halides is 6. The Balaban J connectivity index is 1.50. The van der Waals surface area contributed by atoms with E-state index in [1.165, 1.54) is 6.07 Å². The summed E-state index contributed by atoms with van der Waals surface area (Å²) in [6.07, 6.45) is -10.1. The molecule has 8 aromatic rings. The van der Waals surface area contributed by atoms with Gasteiger partial charge < -0.3 is 4.57 Å². The van der Waals surface area contributed by atoms with E-state index >= 15 is 0 Å². The number of fused-ring (bicyclic) bond motifs is 3. The summed E-state index contributed by atoms with van der Waals surface area (Å²) in [4.78, 5) is 14.5. The van der Waals surface area contributed by atoms with Crippen LogP contribution in [0.4, 0.5) is 26.3 Å². The molecule has 2 heterocycles. The number of aromatic nitrogens is 4. The van der Waals surface area contributed by atoms with Gasteiger partial charge in [0.25, 0.3) is 0 Å². The molecule has 2 aromatic heterocycles. The van der Waals surface area contributed by atoms with Gasteiger partial charge in [-0.15, -0.1) is 0 Å². The number of hydrogen-bond acceptors (Lipinski definition) is 3. The van der Waals surface area contributed by atoms with Crippen molar-refractivity contribution in [2.24, 2.45) is 0 Å². The van der Waals surface area contributed by atoms with Gasteiger partial charge in [-0.25, -0.2) is 15.0 Å². The molecular weight excluding hydrogens is 759 g/mol. The van der Waals surface area contributed by atoms with Crippen molar-refractivity contribution in [1.82, 2.24) is 19.5 Å². The molecule has 0 bridgehead atoms. The molecule has 8 rings (SSSR count). The maximum Gasteiger partial charge on any atom is 0.417 e. The molecule has 0 aliphatic rings. The summed E-state index contributed by atoms with van der Waals surface area (Å²) in [6, 6.07) is 37.7. The van der Waals surface area contributed by atoms with E-state index in [1.807, 2.05) is 60.7 Å². The Morgan fingerprint density at radius 1 is 0.407 bits per heavy atom. The first-order valence-corrected chi connectivity index (χ1v) is 19.2. The topological polar surface area (TPSA) is 43.6 Å². The van der Waals surface area contributed by atoms with Crippen molar-refractivity contribution in [3.63, 3.8) is 0 Å². The first kappa shape index (κ1) is 39.5. The lowest BCUT2D eigenvalue weighted by atomic mass is 9.86. The fourth-order valence-electron chi connectivity index (χ4n) is 7.44. The Morgan fingerprint density at radius 2 is 0.864 bits per heavy atom. The first-order chi connectivity index (χ1) is 27.8. The highest BCUT2D eigenvalue weighted by molar-refractivity contribution is 6.10. The average Bonchev–Trinajstić information content (AvgIpc) is 3.53. The number of nitrogens with zero attached hydrogens (tertiary/aromatic N) is 4. The highest BCUT2D eigenvalue weighted by Crippen LogP contribution is 2.45. The molecular formula is C49H40F6N4. The Labute approximate surface area is 338 Å². The zero-order chi connectivity index (χ0) is 42.1. The van der Waals surface area contributed by atoms with Gasteiger partial charge >= 0.3 is 12.4 Å². The predicted octanol–water partition coefficient (Wildman–Crippen LogP) is 14.3. The van der Waals surface area contributed by atoms with Gasteiger partial charge in [-0.3, -0.25) is 0 Å². The van der Waals surface area contributed by atoms with E-state index in [1.54, 1.807) is 12.1 Å². The van der Waals surface area contributed by atoms with Crippen LogP contribution in [0.1, 0.15) is 63.8 Å². The summed E-state index contributed by atoms with van der Waals surface area (Å²) in [6.45, 7) is 12.8. The Bertz CT molecular complexity index is 2730. The molecule has 0 amide bonds. The van der Waals surface area contributed by atoms with Crippen molar-refractivity contribution in [2.45, 2.75) is 64.7 Å². The van der Waals surface area contributed by atoms with Gasteiger partial charge in [-0.2, -0.15) is 26.3 Å². The lowest BCUT2D eigenvalue weighted by Crippen LogP contribution is -2.12. The molecule has 4 nitrogen and oxygen atoms in total. The Kier molecular flexibility index (Phi) is 9.53. The lowest BCUT2D eigenvalue weighted by molar-refractivity contribution is -0.142. The molecule has 10 heteroatoms. The van der Waals surface area contributed by atoms with Crippen molar-refractivity contribution < 1.29 is 26.3 Å². The summed E-state index contributed by atoms with van der Waals surface area (Å²) < 4.78 is 88.6. The van der Waals surface area contributed by atoms with E-state index in [4.69, 9.17) is 15.0 Å². The van der Waals surface area contributed by atoms with Crippen LogP contribution in [-0.2, 0) is 23.2 Å². The quantitative estimate of drug-likeness (QED) is 0.163. The minimum absolute atomic E-state index is 0.00514. The standard InChI is InChI=1S/C49H40F6N4/c1-46(2,3)31-17-22-37-38-23-18-32(47(4,5)6)27-42(38)59(41(37)26-31)34-20-24-35(36-21-19-33(48(50,51)52)25-40(36)49(53,54)55)39(28-34)45-57-43(29-13-9-7-10-14-29)56-44(58-45)30-15-11-8-12-16-30/h7-28H,1-6H3. The second-order valence-corrected chi connectivity index (χ2v) is 16.8. The van der Waals surface area contributed by atoms with Gasteiger partial charge in [0, 0.05) is 33.2 Å². The van der Waals surface area contributed by atoms with Crippen LogP contribution < -0.4 is 0 Å². The van der Waals surface area contributed by atoms with Gasteiger partial charge in [-0.05, 0) is 69.5 Å². The largest absolute Gasteiger partial charge is 0.417 e. The summed E-state index contributed by atoms with van der Waals surface area (Å²) >= 11 is 0. The molecule has 298 valence electrons. The third-order valence-electron chi connectivity index (χ3n) is 10.6. The molecule has 0 unspecified atom stereocenters. The second-order valence-electron chi connectivity index (χ2n) is 16.8. The first-order valence-electron chi connectivity index (χ1n) is 19.2. The summed E-state index contributed by atoms with van der Waals surface area (Å²) in [7, 11) is 0. The zero-order valence-electron chi connectivity index (χ0n) is 33.3. The molecule has 0 aliphatic carbocycles. The Hall–Kier alpha value is -6.29. The van der Waals surface area contributed by atoms with Crippen molar-refractivity contribution in [1.29, 1.82) is 0 Å². The molecule has 0 saturated carbocycles. The fraction of sp³-hybridized carbons (Fsp3) is 0.204. The smallest absolute Gasteiger partial charge is 0.309 e. The van der Waals surface area contributed by atoms with Crippen LogP contribution >= 0.6 is 0 Å². The second kappa shape index (κ2) is 14.2. The van der Waals surface area contributed by atoms with Gasteiger partial charge in [0.15, 0.2) is 17.5 Å². The molecule has 0 spiro atoms. The van der Waals surface area contributed by atoms with Crippen LogP contribution in [-0.4, -0.2) is 19.5 Å². The van der Waals surface area contributed by atoms with Crippen LogP contribution in [0, 0.1) is 0 Å². The van der Waals surface area contributed by atoms with Crippen molar-refractivity contribution >= 4 is 21.8 Å². The highest BCUT2D eigenvalue weighted by Gasteiger charge is 2.39. The molecule has 0 atom stereocenters. The van der Waals surface area contributed by atoms with E-state index in [-0.39, 0.29) is 45.5 Å². The van der Waals surface area contributed by atoms with Crippen molar-refractivity contribution in [3.05, 3.63) is 156 Å². The maximum atomic E-state index is 14.9. The third kappa shape index (κ3) is 7.59. The molecule has 0 N–H and O–H groups in total. The van der Waals surface area contributed by atoms with Crippen LogP contribution in [0.2, 0.25) is 0 Å². The minimum atomic E-state index is -5.13. The van der Waals surface area contributed by atoms with Crippen LogP contribution in [0.3, 0.4) is 0 Å². The van der Waals surface area contributed by atoms with Gasteiger partial charge in [0.2, 0.25) is 0 Å². The van der Waals surface area contributed by atoms with Crippen LogP contribution in [0.5, 0.6) is 0 Å². The van der Waals surface area contributed by atoms with Gasteiger partial charge in [-0.1, -0.05) is 139 Å². The SMILES string of the molecule is CC(C)(C)c1ccc2c3ccc(C(C)(C)C)cc3n(-c3ccc(-c4ccc(C(F)(F)F)cc4C(F)(F)F)c(-c4nc(-c5ccccc5)nc(-c5ccccc5)n4)c3)c2c1. The predicted molar refractivity (Wildman–Crippen MR) is 223 cm³/mol. The number of hydrogen-bond donors (Lipinski definition) is 0. The molecule has 0 fully saturated rings. The van der Waals surface area contributed by atoms with Crippen LogP contribution in [0.15, 0.2) is 133 Å². The number of halogens is 6. The van der Waals surface area contributed by atoms with Crippen molar-refractivity contribution in [3.8, 4) is 51.0 Å². The van der Waals surface area contributed by atoms with E-state index in [0.29, 0.717) is 22.9 Å². The minimum Gasteiger partial charge on any atom is -0.309 e. The number of rotatable bonds is 5. The van der Waals surface area contributed by atoms with Gasteiger partial charge in [0.05, 0.1) is 22.2 Å². The summed E-state index contributed by atoms with van der Waals surface area (Å²) in [5, 5.41) is 1.97. The summed E-state index contributed by atoms with van der Waals surface area (Å²) in [5.41, 5.74) is 2.32. The van der Waals surface area contributed by atoms with Crippen molar-refractivity contribution in [2.75, 3.05) is 0 Å². The Morgan fingerprint density at radius 3 is 1.32 bits per heavy atom. The fourth-order valence-corrected chi connectivity index (χ4v) is 7.44. The lowest BCUT2D eigenvalue weighted by Gasteiger charge is -2.21. The summed E-state index contributed by atoms with van der Waals surface area (Å²) in [5.74, 6) is 0.598. The molecule has 0 radical (unpaired) electrons. The maximum absolute atomic E-state index is 14.9. The van der Waals surface area contributed by atoms with Crippen LogP contribution in [0.25, 0.3) is 72.8 Å². The number of benzene rings is 6. The van der Waals surface area contributed by atoms with E-state index in [9.17, 15) is 26.3 Å². The van der Waals surface area contributed by atoms with E-state index < -0.39 is 29.0 Å².